The van der Waals surface area contributed by atoms with Crippen molar-refractivity contribution in [3.05, 3.63) is 53.0 Å². The van der Waals surface area contributed by atoms with Crippen molar-refractivity contribution in [2.24, 2.45) is 0 Å². The van der Waals surface area contributed by atoms with E-state index in [4.69, 9.17) is 0 Å². The summed E-state index contributed by atoms with van der Waals surface area (Å²) in [6, 6.07) is 6.57. The predicted molar refractivity (Wildman–Crippen MR) is 108 cm³/mol. The highest BCUT2D eigenvalue weighted by molar-refractivity contribution is 6.02. The highest BCUT2D eigenvalue weighted by atomic mass is 16.2. The largest absolute Gasteiger partial charge is 0.350 e. The second-order valence-electron chi connectivity index (χ2n) is 7.84. The van der Waals surface area contributed by atoms with Crippen LogP contribution < -0.4 is 0 Å². The summed E-state index contributed by atoms with van der Waals surface area (Å²) >= 11 is 0. The highest BCUT2D eigenvalue weighted by Gasteiger charge is 2.29. The second kappa shape index (κ2) is 7.22. The van der Waals surface area contributed by atoms with Crippen LogP contribution in [0.25, 0.3) is 10.9 Å². The van der Waals surface area contributed by atoms with Crippen LogP contribution in [0.5, 0.6) is 0 Å². The number of hydrogen-bond acceptors (Lipinski definition) is 2. The maximum Gasteiger partial charge on any atom is 0.270 e. The molecule has 0 aliphatic carbocycles. The van der Waals surface area contributed by atoms with Crippen molar-refractivity contribution < 1.29 is 4.79 Å². The number of aromatic amines is 1. The summed E-state index contributed by atoms with van der Waals surface area (Å²) in [5.41, 5.74) is 5.34. The number of likely N-dealkylation sites (tertiary alicyclic amines) is 1. The molecule has 5 heteroatoms. The van der Waals surface area contributed by atoms with Gasteiger partial charge in [-0.2, -0.15) is 5.10 Å². The van der Waals surface area contributed by atoms with Gasteiger partial charge >= 0.3 is 0 Å². The van der Waals surface area contributed by atoms with Crippen molar-refractivity contribution in [3.63, 3.8) is 0 Å². The summed E-state index contributed by atoms with van der Waals surface area (Å²) in [6.45, 7) is 7.97. The zero-order chi connectivity index (χ0) is 19.0. The molecule has 3 aromatic rings. The van der Waals surface area contributed by atoms with Crippen LogP contribution in [0.3, 0.4) is 0 Å². The Kier molecular flexibility index (Phi) is 4.77. The first-order valence-corrected chi connectivity index (χ1v) is 9.92. The van der Waals surface area contributed by atoms with E-state index in [-0.39, 0.29) is 11.9 Å². The van der Waals surface area contributed by atoms with E-state index in [9.17, 15) is 4.79 Å². The standard InChI is InChI=1S/C22H28N4O/c1-15-13-16(2)20-19(14-15)17(3)21(24-20)22(27)26-11-5-4-7-18(26)8-12-25-10-6-9-23-25/h6,9-10,13-14,18,24H,4-5,7-8,11-12H2,1-3H3. The Bertz CT molecular complexity index is 955. The minimum atomic E-state index is 0.144. The third-order valence-electron chi connectivity index (χ3n) is 5.86. The lowest BCUT2D eigenvalue weighted by Gasteiger charge is -2.35. The van der Waals surface area contributed by atoms with Crippen LogP contribution in [0.2, 0.25) is 0 Å². The lowest BCUT2D eigenvalue weighted by atomic mass is 9.98. The zero-order valence-corrected chi connectivity index (χ0v) is 16.5. The fraction of sp³-hybridized carbons (Fsp3) is 0.455. The number of fused-ring (bicyclic) bond motifs is 1. The number of nitrogens with zero attached hydrogens (tertiary/aromatic N) is 3. The van der Waals surface area contributed by atoms with Gasteiger partial charge in [-0.1, -0.05) is 11.6 Å². The third-order valence-corrected chi connectivity index (χ3v) is 5.86. The average Bonchev–Trinajstić information content (AvgIpc) is 3.28. The molecule has 0 bridgehead atoms. The van der Waals surface area contributed by atoms with Gasteiger partial charge in [0.15, 0.2) is 0 Å². The van der Waals surface area contributed by atoms with Crippen molar-refractivity contribution in [2.75, 3.05) is 6.54 Å². The lowest BCUT2D eigenvalue weighted by molar-refractivity contribution is 0.0588. The molecule has 4 rings (SSSR count). The van der Waals surface area contributed by atoms with Gasteiger partial charge in [-0.05, 0) is 69.7 Å². The fourth-order valence-electron chi connectivity index (χ4n) is 4.42. The Morgan fingerprint density at radius 1 is 1.26 bits per heavy atom. The number of aryl methyl sites for hydroxylation is 4. The smallest absolute Gasteiger partial charge is 0.270 e. The summed E-state index contributed by atoms with van der Waals surface area (Å²) in [5.74, 6) is 0.144. The maximum absolute atomic E-state index is 13.4. The third kappa shape index (κ3) is 3.38. The van der Waals surface area contributed by atoms with E-state index in [1.165, 1.54) is 22.9 Å². The molecule has 1 unspecified atom stereocenters. The molecule has 1 amide bonds. The SMILES string of the molecule is Cc1cc(C)c2[nH]c(C(=O)N3CCCCC3CCn3cccn3)c(C)c2c1. The molecule has 142 valence electrons. The Labute approximate surface area is 160 Å². The average molecular weight is 364 g/mol. The number of hydrogen-bond donors (Lipinski definition) is 1. The Hall–Kier alpha value is -2.56. The van der Waals surface area contributed by atoms with Crippen LogP contribution >= 0.6 is 0 Å². The molecule has 5 nitrogen and oxygen atoms in total. The number of piperidine rings is 1. The summed E-state index contributed by atoms with van der Waals surface area (Å²) in [4.78, 5) is 19.0. The van der Waals surface area contributed by atoms with Crippen molar-refractivity contribution in [1.82, 2.24) is 19.7 Å². The molecule has 0 saturated carbocycles. The zero-order valence-electron chi connectivity index (χ0n) is 16.5. The molecule has 0 radical (unpaired) electrons. The molecular formula is C22H28N4O. The van der Waals surface area contributed by atoms with Crippen LogP contribution in [0, 0.1) is 20.8 Å². The molecular weight excluding hydrogens is 336 g/mol. The van der Waals surface area contributed by atoms with Crippen LogP contribution in [0.1, 0.15) is 52.9 Å². The summed E-state index contributed by atoms with van der Waals surface area (Å²) in [7, 11) is 0. The molecule has 0 spiro atoms. The van der Waals surface area contributed by atoms with Crippen LogP contribution in [-0.2, 0) is 6.54 Å². The van der Waals surface area contributed by atoms with Crippen molar-refractivity contribution in [3.8, 4) is 0 Å². The van der Waals surface area contributed by atoms with E-state index in [1.54, 1.807) is 0 Å². The van der Waals surface area contributed by atoms with Gasteiger partial charge in [0.05, 0.1) is 0 Å². The fourth-order valence-corrected chi connectivity index (χ4v) is 4.42. The quantitative estimate of drug-likeness (QED) is 0.747. The molecule has 1 fully saturated rings. The molecule has 1 N–H and O–H groups in total. The van der Waals surface area contributed by atoms with Gasteiger partial charge in [-0.25, -0.2) is 0 Å². The monoisotopic (exact) mass is 364 g/mol. The first kappa shape index (κ1) is 17.8. The summed E-state index contributed by atoms with van der Waals surface area (Å²) in [6.07, 6.45) is 8.10. The number of benzene rings is 1. The van der Waals surface area contributed by atoms with Crippen LogP contribution in [-0.4, -0.2) is 38.2 Å². The lowest BCUT2D eigenvalue weighted by Crippen LogP contribution is -2.44. The van der Waals surface area contributed by atoms with Gasteiger partial charge in [-0.15, -0.1) is 0 Å². The van der Waals surface area contributed by atoms with Crippen LogP contribution in [0.15, 0.2) is 30.6 Å². The molecule has 1 saturated heterocycles. The minimum Gasteiger partial charge on any atom is -0.350 e. The van der Waals surface area contributed by atoms with Crippen molar-refractivity contribution in [1.29, 1.82) is 0 Å². The normalized spacial score (nSPS) is 17.6. The van der Waals surface area contributed by atoms with Gasteiger partial charge in [0.1, 0.15) is 5.69 Å². The molecule has 1 aliphatic rings. The van der Waals surface area contributed by atoms with Gasteiger partial charge in [0, 0.05) is 42.4 Å². The first-order valence-electron chi connectivity index (χ1n) is 9.92. The number of amides is 1. The molecule has 2 aromatic heterocycles. The first-order chi connectivity index (χ1) is 13.0. The second-order valence-corrected chi connectivity index (χ2v) is 7.84. The van der Waals surface area contributed by atoms with E-state index in [2.05, 4.69) is 47.9 Å². The number of carbonyl (C=O) groups excluding carboxylic acids is 1. The molecule has 3 heterocycles. The predicted octanol–water partition coefficient (Wildman–Crippen LogP) is 4.37. The number of nitrogens with one attached hydrogen (secondary N) is 1. The minimum absolute atomic E-state index is 0.144. The van der Waals surface area contributed by atoms with Crippen molar-refractivity contribution >= 4 is 16.8 Å². The van der Waals surface area contributed by atoms with Crippen molar-refractivity contribution in [2.45, 2.75) is 59.0 Å². The Morgan fingerprint density at radius 2 is 2.11 bits per heavy atom. The van der Waals surface area contributed by atoms with Gasteiger partial charge < -0.3 is 9.88 Å². The number of rotatable bonds is 4. The van der Waals surface area contributed by atoms with E-state index in [0.717, 1.165) is 49.1 Å². The summed E-state index contributed by atoms with van der Waals surface area (Å²) < 4.78 is 1.96. The highest BCUT2D eigenvalue weighted by Crippen LogP contribution is 2.29. The Morgan fingerprint density at radius 3 is 2.89 bits per heavy atom. The number of aromatic nitrogens is 3. The molecule has 27 heavy (non-hydrogen) atoms. The van der Waals surface area contributed by atoms with E-state index >= 15 is 0 Å². The van der Waals surface area contributed by atoms with Gasteiger partial charge in [0.25, 0.3) is 5.91 Å². The maximum atomic E-state index is 13.4. The van der Waals surface area contributed by atoms with Gasteiger partial charge in [-0.3, -0.25) is 9.48 Å². The molecule has 1 aromatic carbocycles. The number of H-pyrrole nitrogens is 1. The molecule has 1 aliphatic heterocycles. The topological polar surface area (TPSA) is 53.9 Å². The van der Waals surface area contributed by atoms with E-state index in [1.807, 2.05) is 23.1 Å². The van der Waals surface area contributed by atoms with Gasteiger partial charge in [0.2, 0.25) is 0 Å². The summed E-state index contributed by atoms with van der Waals surface area (Å²) in [5, 5.41) is 5.46. The Balaban J connectivity index is 1.61. The van der Waals surface area contributed by atoms with E-state index < -0.39 is 0 Å². The number of carbonyl (C=O) groups is 1. The van der Waals surface area contributed by atoms with E-state index in [0.29, 0.717) is 0 Å². The van der Waals surface area contributed by atoms with Crippen LogP contribution in [0.4, 0.5) is 0 Å². The molecule has 1 atom stereocenters.